The van der Waals surface area contributed by atoms with Crippen molar-refractivity contribution in [2.24, 2.45) is 0 Å². The number of ether oxygens (including phenoxy) is 1. The summed E-state index contributed by atoms with van der Waals surface area (Å²) in [5.74, 6) is 1.45. The second kappa shape index (κ2) is 11.2. The summed E-state index contributed by atoms with van der Waals surface area (Å²) < 4.78 is 8.71. The summed E-state index contributed by atoms with van der Waals surface area (Å²) in [4.78, 5) is 17.6. The van der Waals surface area contributed by atoms with Crippen molar-refractivity contribution >= 4 is 23.5 Å². The molecule has 2 aromatic carbocycles. The minimum atomic E-state index is -0.134. The zero-order chi connectivity index (χ0) is 23.0. The van der Waals surface area contributed by atoms with Crippen LogP contribution in [0.1, 0.15) is 19.2 Å². The lowest BCUT2D eigenvalue weighted by molar-refractivity contribution is 0.248. The molecule has 0 amide bonds. The van der Waals surface area contributed by atoms with Gasteiger partial charge in [-0.15, -0.1) is 0 Å². The molecule has 4 rings (SSSR count). The molecular weight excluding hydrogens is 438 g/mol. The fourth-order valence-electron chi connectivity index (χ4n) is 4.02. The number of benzene rings is 2. The van der Waals surface area contributed by atoms with E-state index in [-0.39, 0.29) is 5.69 Å². The van der Waals surface area contributed by atoms with Crippen LogP contribution in [0.15, 0.2) is 65.7 Å². The third kappa shape index (κ3) is 6.06. The lowest BCUT2D eigenvalue weighted by atomic mass is 10.2. The third-order valence-corrected chi connectivity index (χ3v) is 6.04. The number of aryl methyl sites for hydroxylation is 2. The minimum Gasteiger partial charge on any atom is -0.463 e. The van der Waals surface area contributed by atoms with Crippen LogP contribution < -0.4 is 15.3 Å². The fourth-order valence-corrected chi connectivity index (χ4v) is 4.20. The quantitative estimate of drug-likeness (QED) is 0.445. The molecule has 1 aliphatic heterocycles. The van der Waals surface area contributed by atoms with Gasteiger partial charge in [0.2, 0.25) is 0 Å². The van der Waals surface area contributed by atoms with Gasteiger partial charge in [-0.2, -0.15) is 5.10 Å². The Bertz CT molecular complexity index is 1120. The highest BCUT2D eigenvalue weighted by Gasteiger charge is 2.17. The Labute approximate surface area is 199 Å². The Morgan fingerprint density at radius 3 is 2.55 bits per heavy atom. The monoisotopic (exact) mass is 467 g/mol. The van der Waals surface area contributed by atoms with Gasteiger partial charge in [-0.25, -0.2) is 9.48 Å². The predicted molar refractivity (Wildman–Crippen MR) is 133 cm³/mol. The number of hydrogen-bond donors (Lipinski definition) is 0. The van der Waals surface area contributed by atoms with Crippen LogP contribution in [-0.2, 0) is 13.0 Å². The molecule has 2 heterocycles. The first kappa shape index (κ1) is 23.1. The summed E-state index contributed by atoms with van der Waals surface area (Å²) >= 11 is 6.13. The second-order valence-electron chi connectivity index (χ2n) is 8.02. The summed E-state index contributed by atoms with van der Waals surface area (Å²) in [7, 11) is 0. The standard InChI is InChI=1S/C25H30ClN5O2/c1-2-24-27-31(25(32)30(24)18-19-33-23-10-4-3-5-11-23)13-7-12-28-14-16-29(17-15-28)22-9-6-8-21(26)20-22/h3-6,8-11,18-20H,2,7,12-17H2,1H3/b19-18+. The van der Waals surface area contributed by atoms with E-state index in [2.05, 4.69) is 21.0 Å². The number of nitrogens with zero attached hydrogens (tertiary/aromatic N) is 5. The number of anilines is 1. The molecule has 1 saturated heterocycles. The van der Waals surface area contributed by atoms with E-state index in [0.29, 0.717) is 13.0 Å². The molecule has 3 aromatic rings. The SMILES string of the molecule is CCc1nn(CCCN2CCN(c3cccc(Cl)c3)CC2)c(=O)n1/C=C/Oc1ccccc1. The van der Waals surface area contributed by atoms with Crippen molar-refractivity contribution in [3.05, 3.63) is 82.2 Å². The smallest absolute Gasteiger partial charge is 0.350 e. The van der Waals surface area contributed by atoms with Crippen LogP contribution in [0.2, 0.25) is 5.02 Å². The molecule has 7 nitrogen and oxygen atoms in total. The Hall–Kier alpha value is -3.03. The number of hydrogen-bond acceptors (Lipinski definition) is 5. The summed E-state index contributed by atoms with van der Waals surface area (Å²) in [6.45, 7) is 7.47. The van der Waals surface area contributed by atoms with Crippen LogP contribution >= 0.6 is 11.6 Å². The summed E-state index contributed by atoms with van der Waals surface area (Å²) in [5.41, 5.74) is 1.04. The van der Waals surface area contributed by atoms with Gasteiger partial charge in [-0.3, -0.25) is 9.47 Å². The maximum absolute atomic E-state index is 12.8. The van der Waals surface area contributed by atoms with Crippen molar-refractivity contribution in [1.29, 1.82) is 0 Å². The van der Waals surface area contributed by atoms with E-state index in [9.17, 15) is 4.79 Å². The van der Waals surface area contributed by atoms with Crippen LogP contribution in [0.5, 0.6) is 5.75 Å². The van der Waals surface area contributed by atoms with E-state index in [1.807, 2.05) is 55.5 Å². The Morgan fingerprint density at radius 2 is 1.82 bits per heavy atom. The van der Waals surface area contributed by atoms with E-state index >= 15 is 0 Å². The van der Waals surface area contributed by atoms with Gasteiger partial charge in [0.05, 0.1) is 6.20 Å². The van der Waals surface area contributed by atoms with Crippen LogP contribution in [-0.4, -0.2) is 52.0 Å². The predicted octanol–water partition coefficient (Wildman–Crippen LogP) is 3.98. The highest BCUT2D eigenvalue weighted by atomic mass is 35.5. The number of rotatable bonds is 9. The van der Waals surface area contributed by atoms with Gasteiger partial charge in [-0.05, 0) is 36.8 Å². The molecule has 174 valence electrons. The van der Waals surface area contributed by atoms with Gasteiger partial charge in [0.15, 0.2) is 0 Å². The average Bonchev–Trinajstić information content (AvgIpc) is 3.15. The summed E-state index contributed by atoms with van der Waals surface area (Å²) in [6.07, 6.45) is 4.72. The molecule has 0 bridgehead atoms. The van der Waals surface area contributed by atoms with Crippen LogP contribution in [0, 0.1) is 0 Å². The first-order valence-corrected chi connectivity index (χ1v) is 11.8. The molecule has 0 aliphatic carbocycles. The highest BCUT2D eigenvalue weighted by Crippen LogP contribution is 2.20. The molecule has 0 spiro atoms. The zero-order valence-corrected chi connectivity index (χ0v) is 19.7. The Balaban J connectivity index is 1.28. The first-order valence-electron chi connectivity index (χ1n) is 11.4. The lowest BCUT2D eigenvalue weighted by Crippen LogP contribution is -2.46. The number of para-hydroxylation sites is 1. The molecular formula is C25H30ClN5O2. The van der Waals surface area contributed by atoms with Crippen LogP contribution in [0.25, 0.3) is 6.20 Å². The maximum Gasteiger partial charge on any atom is 0.350 e. The average molecular weight is 468 g/mol. The Morgan fingerprint density at radius 1 is 1.03 bits per heavy atom. The van der Waals surface area contributed by atoms with Gasteiger partial charge < -0.3 is 9.64 Å². The molecule has 0 unspecified atom stereocenters. The molecule has 0 radical (unpaired) electrons. The molecule has 8 heteroatoms. The van der Waals surface area contributed by atoms with Gasteiger partial charge in [0.25, 0.3) is 0 Å². The van der Waals surface area contributed by atoms with Gasteiger partial charge in [-0.1, -0.05) is 42.8 Å². The maximum atomic E-state index is 12.8. The normalized spacial score (nSPS) is 14.8. The molecule has 1 aliphatic rings. The van der Waals surface area contributed by atoms with Crippen molar-refractivity contribution in [1.82, 2.24) is 19.2 Å². The molecule has 0 N–H and O–H groups in total. The number of halogens is 1. The zero-order valence-electron chi connectivity index (χ0n) is 18.9. The molecule has 0 atom stereocenters. The highest BCUT2D eigenvalue weighted by molar-refractivity contribution is 6.30. The van der Waals surface area contributed by atoms with Crippen molar-refractivity contribution < 1.29 is 4.74 Å². The van der Waals surface area contributed by atoms with E-state index < -0.39 is 0 Å². The van der Waals surface area contributed by atoms with Crippen LogP contribution in [0.4, 0.5) is 5.69 Å². The lowest BCUT2D eigenvalue weighted by Gasteiger charge is -2.36. The van der Waals surface area contributed by atoms with E-state index in [1.165, 1.54) is 11.9 Å². The number of aromatic nitrogens is 3. The van der Waals surface area contributed by atoms with Crippen molar-refractivity contribution in [2.45, 2.75) is 26.3 Å². The van der Waals surface area contributed by atoms with Crippen molar-refractivity contribution in [3.63, 3.8) is 0 Å². The van der Waals surface area contributed by atoms with Gasteiger partial charge in [0.1, 0.15) is 17.8 Å². The minimum absolute atomic E-state index is 0.134. The topological polar surface area (TPSA) is 55.5 Å². The first-order chi connectivity index (χ1) is 16.1. The van der Waals surface area contributed by atoms with Crippen molar-refractivity contribution in [3.8, 4) is 5.75 Å². The van der Waals surface area contributed by atoms with Crippen molar-refractivity contribution in [2.75, 3.05) is 37.6 Å². The van der Waals surface area contributed by atoms with Crippen LogP contribution in [0.3, 0.4) is 0 Å². The van der Waals surface area contributed by atoms with E-state index in [1.54, 1.807) is 15.4 Å². The van der Waals surface area contributed by atoms with Gasteiger partial charge >= 0.3 is 5.69 Å². The molecule has 1 aromatic heterocycles. The molecule has 33 heavy (non-hydrogen) atoms. The molecule has 1 fully saturated rings. The molecule has 0 saturated carbocycles. The summed E-state index contributed by atoms with van der Waals surface area (Å²) in [5, 5.41) is 5.29. The van der Waals surface area contributed by atoms with E-state index in [0.717, 1.165) is 55.7 Å². The number of piperazine rings is 1. The third-order valence-electron chi connectivity index (χ3n) is 5.80. The largest absolute Gasteiger partial charge is 0.463 e. The fraction of sp³-hybridized carbons (Fsp3) is 0.360. The van der Waals surface area contributed by atoms with E-state index in [4.69, 9.17) is 16.3 Å². The second-order valence-corrected chi connectivity index (χ2v) is 8.46. The van der Waals surface area contributed by atoms with Gasteiger partial charge in [0, 0.05) is 56.4 Å². The Kier molecular flexibility index (Phi) is 7.86. The summed E-state index contributed by atoms with van der Waals surface area (Å²) in [6, 6.07) is 17.5.